The summed E-state index contributed by atoms with van der Waals surface area (Å²) >= 11 is 5.12. The van der Waals surface area contributed by atoms with Crippen molar-refractivity contribution >= 4 is 23.0 Å². The van der Waals surface area contributed by atoms with Crippen molar-refractivity contribution in [2.75, 3.05) is 11.9 Å². The highest BCUT2D eigenvalue weighted by Crippen LogP contribution is 2.16. The lowest BCUT2D eigenvalue weighted by Gasteiger charge is -2.10. The van der Waals surface area contributed by atoms with Crippen LogP contribution in [0.1, 0.15) is 25.3 Å². The maximum absolute atomic E-state index is 5.12. The Labute approximate surface area is 103 Å². The third kappa shape index (κ3) is 4.03. The predicted molar refractivity (Wildman–Crippen MR) is 75.0 cm³/mol. The Hall–Kier alpha value is -1.35. The molecular formula is C13H18N2S. The van der Waals surface area contributed by atoms with Gasteiger partial charge in [-0.2, -0.15) is 0 Å². The van der Waals surface area contributed by atoms with Crippen molar-refractivity contribution in [2.24, 2.45) is 0 Å². The molecule has 0 amide bonds. The molecular weight excluding hydrogens is 216 g/mol. The predicted octanol–water partition coefficient (Wildman–Crippen LogP) is 3.28. The molecule has 0 radical (unpaired) electrons. The minimum atomic E-state index is 0.555. The van der Waals surface area contributed by atoms with Crippen molar-refractivity contribution < 1.29 is 0 Å². The van der Waals surface area contributed by atoms with Crippen LogP contribution >= 0.6 is 12.2 Å². The van der Waals surface area contributed by atoms with Gasteiger partial charge in [-0.05, 0) is 35.8 Å². The average Bonchev–Trinajstić information content (AvgIpc) is 2.27. The molecule has 0 aliphatic rings. The van der Waals surface area contributed by atoms with Gasteiger partial charge in [0, 0.05) is 12.2 Å². The lowest BCUT2D eigenvalue weighted by atomic mass is 10.0. The number of hydrogen-bond donors (Lipinski definition) is 2. The van der Waals surface area contributed by atoms with E-state index in [0.717, 1.165) is 5.69 Å². The highest BCUT2D eigenvalue weighted by Gasteiger charge is 1.99. The van der Waals surface area contributed by atoms with Crippen molar-refractivity contribution in [3.05, 3.63) is 42.5 Å². The topological polar surface area (TPSA) is 24.1 Å². The molecule has 1 rings (SSSR count). The Morgan fingerprint density at radius 1 is 1.38 bits per heavy atom. The van der Waals surface area contributed by atoms with E-state index in [4.69, 9.17) is 12.2 Å². The smallest absolute Gasteiger partial charge is 0.171 e. The molecule has 3 heteroatoms. The number of hydrogen-bond acceptors (Lipinski definition) is 1. The summed E-state index contributed by atoms with van der Waals surface area (Å²) in [6, 6.07) is 8.31. The van der Waals surface area contributed by atoms with Crippen LogP contribution in [0.15, 0.2) is 36.9 Å². The van der Waals surface area contributed by atoms with E-state index < -0.39 is 0 Å². The van der Waals surface area contributed by atoms with E-state index in [1.807, 2.05) is 12.1 Å². The van der Waals surface area contributed by atoms with E-state index in [9.17, 15) is 0 Å². The zero-order chi connectivity index (χ0) is 12.0. The molecule has 0 unspecified atom stereocenters. The second kappa shape index (κ2) is 6.28. The molecule has 0 fully saturated rings. The molecule has 0 bridgehead atoms. The summed E-state index contributed by atoms with van der Waals surface area (Å²) in [7, 11) is 0. The Morgan fingerprint density at radius 3 is 2.50 bits per heavy atom. The molecule has 1 aromatic carbocycles. The molecule has 16 heavy (non-hydrogen) atoms. The molecule has 86 valence electrons. The number of nitrogens with one attached hydrogen (secondary N) is 2. The van der Waals surface area contributed by atoms with Crippen molar-refractivity contribution in [3.63, 3.8) is 0 Å². The first-order valence-corrected chi connectivity index (χ1v) is 5.80. The second-order valence-electron chi connectivity index (χ2n) is 3.90. The summed E-state index contributed by atoms with van der Waals surface area (Å²) < 4.78 is 0. The van der Waals surface area contributed by atoms with Gasteiger partial charge < -0.3 is 10.6 Å². The second-order valence-corrected chi connectivity index (χ2v) is 4.31. The van der Waals surface area contributed by atoms with Gasteiger partial charge in [-0.1, -0.05) is 32.1 Å². The molecule has 2 nitrogen and oxygen atoms in total. The Balaban J connectivity index is 2.54. The molecule has 0 spiro atoms. The Kier molecular flexibility index (Phi) is 4.99. The van der Waals surface area contributed by atoms with Gasteiger partial charge in [0.25, 0.3) is 0 Å². The van der Waals surface area contributed by atoms with E-state index in [0.29, 0.717) is 17.6 Å². The van der Waals surface area contributed by atoms with Gasteiger partial charge in [-0.3, -0.25) is 0 Å². The van der Waals surface area contributed by atoms with Crippen LogP contribution in [0.25, 0.3) is 0 Å². The fraction of sp³-hybridized carbons (Fsp3) is 0.308. The summed E-state index contributed by atoms with van der Waals surface area (Å²) in [5.74, 6) is 0.555. The minimum Gasteiger partial charge on any atom is -0.359 e. The number of anilines is 1. The Morgan fingerprint density at radius 2 is 2.00 bits per heavy atom. The third-order valence-corrected chi connectivity index (χ3v) is 2.49. The first-order valence-electron chi connectivity index (χ1n) is 5.39. The first kappa shape index (κ1) is 12.7. The normalized spacial score (nSPS) is 9.94. The average molecular weight is 234 g/mol. The highest BCUT2D eigenvalue weighted by molar-refractivity contribution is 7.80. The molecule has 0 aliphatic carbocycles. The Bertz CT molecular complexity index is 355. The largest absolute Gasteiger partial charge is 0.359 e. The number of rotatable bonds is 4. The molecule has 0 saturated carbocycles. The van der Waals surface area contributed by atoms with Gasteiger partial charge in [0.15, 0.2) is 5.11 Å². The van der Waals surface area contributed by atoms with Crippen molar-refractivity contribution in [1.29, 1.82) is 0 Å². The number of benzene rings is 1. The van der Waals surface area contributed by atoms with Gasteiger partial charge >= 0.3 is 0 Å². The monoisotopic (exact) mass is 234 g/mol. The maximum atomic E-state index is 5.12. The van der Waals surface area contributed by atoms with Crippen molar-refractivity contribution in [2.45, 2.75) is 19.8 Å². The lowest BCUT2D eigenvalue weighted by Crippen LogP contribution is -2.28. The van der Waals surface area contributed by atoms with Crippen LogP contribution in [-0.4, -0.2) is 11.7 Å². The summed E-state index contributed by atoms with van der Waals surface area (Å²) in [6.07, 6.45) is 1.77. The minimum absolute atomic E-state index is 0.555. The third-order valence-electron chi connectivity index (χ3n) is 2.24. The standard InChI is InChI=1S/C13H18N2S/c1-4-9-14-13(16)15-12-7-5-11(6-8-12)10(2)3/h4-8,10H,1,9H2,2-3H3,(H2,14,15,16). The summed E-state index contributed by atoms with van der Waals surface area (Å²) in [6.45, 7) is 8.66. The highest BCUT2D eigenvalue weighted by atomic mass is 32.1. The van der Waals surface area contributed by atoms with Gasteiger partial charge in [0.2, 0.25) is 0 Å². The van der Waals surface area contributed by atoms with Crippen LogP contribution in [0, 0.1) is 0 Å². The van der Waals surface area contributed by atoms with Crippen LogP contribution in [0.2, 0.25) is 0 Å². The van der Waals surface area contributed by atoms with E-state index in [1.165, 1.54) is 5.56 Å². The number of thiocarbonyl (C=S) groups is 1. The van der Waals surface area contributed by atoms with Crippen LogP contribution in [0.3, 0.4) is 0 Å². The van der Waals surface area contributed by atoms with Gasteiger partial charge in [0.05, 0.1) is 0 Å². The summed E-state index contributed by atoms with van der Waals surface area (Å²) in [5.41, 5.74) is 2.33. The molecule has 0 aliphatic heterocycles. The summed E-state index contributed by atoms with van der Waals surface area (Å²) in [4.78, 5) is 0. The molecule has 0 aromatic heterocycles. The van der Waals surface area contributed by atoms with Crippen molar-refractivity contribution in [1.82, 2.24) is 5.32 Å². The SMILES string of the molecule is C=CCNC(=S)Nc1ccc(C(C)C)cc1. The van der Waals surface area contributed by atoms with Crippen LogP contribution in [0.4, 0.5) is 5.69 Å². The summed E-state index contributed by atoms with van der Waals surface area (Å²) in [5, 5.41) is 6.76. The van der Waals surface area contributed by atoms with Gasteiger partial charge in [-0.25, -0.2) is 0 Å². The first-order chi connectivity index (χ1) is 7.63. The zero-order valence-electron chi connectivity index (χ0n) is 9.79. The quantitative estimate of drug-likeness (QED) is 0.617. The van der Waals surface area contributed by atoms with E-state index >= 15 is 0 Å². The van der Waals surface area contributed by atoms with Gasteiger partial charge in [-0.15, -0.1) is 6.58 Å². The molecule has 1 aromatic rings. The van der Waals surface area contributed by atoms with E-state index in [-0.39, 0.29) is 0 Å². The zero-order valence-corrected chi connectivity index (χ0v) is 10.6. The molecule has 0 heterocycles. The molecule has 0 saturated heterocycles. The van der Waals surface area contributed by atoms with E-state index in [1.54, 1.807) is 6.08 Å². The van der Waals surface area contributed by atoms with Crippen LogP contribution < -0.4 is 10.6 Å². The maximum Gasteiger partial charge on any atom is 0.171 e. The molecule has 0 atom stereocenters. The van der Waals surface area contributed by atoms with Crippen molar-refractivity contribution in [3.8, 4) is 0 Å². The van der Waals surface area contributed by atoms with Crippen LogP contribution in [-0.2, 0) is 0 Å². The fourth-order valence-electron chi connectivity index (χ4n) is 1.29. The lowest BCUT2D eigenvalue weighted by molar-refractivity contribution is 0.867. The van der Waals surface area contributed by atoms with Crippen LogP contribution in [0.5, 0.6) is 0 Å². The van der Waals surface area contributed by atoms with E-state index in [2.05, 4.69) is 43.2 Å². The van der Waals surface area contributed by atoms with Gasteiger partial charge in [0.1, 0.15) is 0 Å². The molecule has 2 N–H and O–H groups in total. The fourth-order valence-corrected chi connectivity index (χ4v) is 1.49.